The zero-order valence-electron chi connectivity index (χ0n) is 14.4. The first-order valence-electron chi connectivity index (χ1n) is 8.25. The van der Waals surface area contributed by atoms with E-state index in [-0.39, 0.29) is 10.9 Å². The molecule has 1 saturated carbocycles. The lowest BCUT2D eigenvalue weighted by atomic mass is 9.96. The predicted molar refractivity (Wildman–Crippen MR) is 97.4 cm³/mol. The molecule has 27 heavy (non-hydrogen) atoms. The monoisotopic (exact) mass is 413 g/mol. The van der Waals surface area contributed by atoms with Crippen LogP contribution in [-0.2, 0) is 19.1 Å². The van der Waals surface area contributed by atoms with Crippen molar-refractivity contribution in [3.05, 3.63) is 28.2 Å². The number of rotatable bonds is 6. The second kappa shape index (κ2) is 7.36. The molecule has 0 unspecified atom stereocenters. The Balaban J connectivity index is 1.49. The van der Waals surface area contributed by atoms with Crippen LogP contribution in [0.25, 0.3) is 0 Å². The van der Waals surface area contributed by atoms with Crippen molar-refractivity contribution in [2.45, 2.75) is 25.3 Å². The number of nitrogens with zero attached hydrogens (tertiary/aromatic N) is 1. The van der Waals surface area contributed by atoms with E-state index in [1.165, 1.54) is 12.1 Å². The first-order chi connectivity index (χ1) is 12.7. The van der Waals surface area contributed by atoms with Gasteiger partial charge in [-0.05, 0) is 43.9 Å². The number of urea groups is 1. The van der Waals surface area contributed by atoms with Crippen LogP contribution in [-0.4, -0.2) is 47.4 Å². The smallest absolute Gasteiger partial charge is 0.326 e. The molecule has 0 bridgehead atoms. The van der Waals surface area contributed by atoms with Crippen LogP contribution in [0.1, 0.15) is 19.8 Å². The van der Waals surface area contributed by atoms with E-state index in [1.807, 2.05) is 0 Å². The molecule has 144 valence electrons. The number of imide groups is 1. The van der Waals surface area contributed by atoms with Gasteiger partial charge in [-0.2, -0.15) is 0 Å². The quantitative estimate of drug-likeness (QED) is 0.549. The molecule has 8 nitrogen and oxygen atoms in total. The maximum Gasteiger partial charge on any atom is 0.326 e. The van der Waals surface area contributed by atoms with Gasteiger partial charge in [-0.1, -0.05) is 23.2 Å². The zero-order chi connectivity index (χ0) is 19.8. The average Bonchev–Trinajstić information content (AvgIpc) is 3.43. The van der Waals surface area contributed by atoms with Gasteiger partial charge in [0.1, 0.15) is 12.1 Å². The van der Waals surface area contributed by atoms with Gasteiger partial charge in [0.05, 0.1) is 10.0 Å². The normalized spacial score (nSPS) is 21.8. The summed E-state index contributed by atoms with van der Waals surface area (Å²) in [6.45, 7) is 0.538. The minimum absolute atomic E-state index is 0.0898. The lowest BCUT2D eigenvalue weighted by molar-refractivity contribution is -0.150. The minimum atomic E-state index is -0.970. The second-order valence-corrected chi connectivity index (χ2v) is 7.45. The SMILES string of the molecule is C[C@@]1(C2CC2)NC(=O)N(CC(=O)OCC(=O)Nc2ccc(Cl)c(Cl)c2)C1=O. The third kappa shape index (κ3) is 4.17. The first-order valence-corrected chi connectivity index (χ1v) is 9.01. The molecule has 3 rings (SSSR count). The molecule has 1 aromatic rings. The summed E-state index contributed by atoms with van der Waals surface area (Å²) >= 11 is 11.6. The molecule has 1 aliphatic carbocycles. The number of halogens is 2. The maximum absolute atomic E-state index is 12.4. The molecule has 2 N–H and O–H groups in total. The molecule has 10 heteroatoms. The average molecular weight is 414 g/mol. The Labute approximate surface area is 165 Å². The van der Waals surface area contributed by atoms with E-state index in [1.54, 1.807) is 13.0 Å². The number of hydrogen-bond donors (Lipinski definition) is 2. The highest BCUT2D eigenvalue weighted by molar-refractivity contribution is 6.42. The Morgan fingerprint density at radius 3 is 2.63 bits per heavy atom. The second-order valence-electron chi connectivity index (χ2n) is 6.64. The van der Waals surface area contributed by atoms with Crippen LogP contribution in [0.15, 0.2) is 18.2 Å². The van der Waals surface area contributed by atoms with Crippen molar-refractivity contribution in [2.75, 3.05) is 18.5 Å². The topological polar surface area (TPSA) is 105 Å². The molecule has 1 heterocycles. The van der Waals surface area contributed by atoms with Crippen LogP contribution in [0, 0.1) is 5.92 Å². The van der Waals surface area contributed by atoms with Gasteiger partial charge in [-0.25, -0.2) is 4.79 Å². The van der Waals surface area contributed by atoms with Gasteiger partial charge in [0.2, 0.25) is 0 Å². The molecule has 0 radical (unpaired) electrons. The van der Waals surface area contributed by atoms with Crippen molar-refractivity contribution in [3.8, 4) is 0 Å². The van der Waals surface area contributed by atoms with Gasteiger partial charge in [-0.15, -0.1) is 0 Å². The molecule has 2 aliphatic rings. The number of carbonyl (C=O) groups excluding carboxylic acids is 4. The third-order valence-corrected chi connectivity index (χ3v) is 5.29. The summed E-state index contributed by atoms with van der Waals surface area (Å²) in [6, 6.07) is 3.88. The van der Waals surface area contributed by atoms with Crippen molar-refractivity contribution in [1.82, 2.24) is 10.2 Å². The molecule has 0 aromatic heterocycles. The Morgan fingerprint density at radius 1 is 1.30 bits per heavy atom. The summed E-state index contributed by atoms with van der Waals surface area (Å²) in [6.07, 6.45) is 1.71. The number of carbonyl (C=O) groups is 4. The number of hydrogen-bond acceptors (Lipinski definition) is 5. The fourth-order valence-corrected chi connectivity index (χ4v) is 3.19. The molecule has 1 saturated heterocycles. The van der Waals surface area contributed by atoms with Gasteiger partial charge in [0.15, 0.2) is 6.61 Å². The van der Waals surface area contributed by atoms with Crippen LogP contribution < -0.4 is 10.6 Å². The van der Waals surface area contributed by atoms with Crippen molar-refractivity contribution in [1.29, 1.82) is 0 Å². The largest absolute Gasteiger partial charge is 0.454 e. The first kappa shape index (κ1) is 19.4. The summed E-state index contributed by atoms with van der Waals surface area (Å²) in [5.41, 5.74) is -0.581. The predicted octanol–water partition coefficient (Wildman–Crippen LogP) is 2.20. The number of ether oxygens (including phenoxy) is 1. The number of nitrogens with one attached hydrogen (secondary N) is 2. The van der Waals surface area contributed by atoms with E-state index in [4.69, 9.17) is 27.9 Å². The summed E-state index contributed by atoms with van der Waals surface area (Å²) in [5.74, 6) is -1.82. The van der Waals surface area contributed by atoms with Crippen molar-refractivity contribution >= 4 is 52.7 Å². The standard InChI is InChI=1S/C17H17Cl2N3O5/c1-17(9-2-3-9)15(25)22(16(26)21-17)7-14(24)27-8-13(23)20-10-4-5-11(18)12(19)6-10/h4-6,9H,2-3,7-8H2,1H3,(H,20,23)(H,21,26)/t17-/m0/s1. The van der Waals surface area contributed by atoms with E-state index < -0.39 is 42.5 Å². The van der Waals surface area contributed by atoms with Crippen LogP contribution in [0.3, 0.4) is 0 Å². The zero-order valence-corrected chi connectivity index (χ0v) is 15.9. The van der Waals surface area contributed by atoms with E-state index >= 15 is 0 Å². The van der Waals surface area contributed by atoms with Crippen LogP contribution in [0.2, 0.25) is 10.0 Å². The highest BCUT2D eigenvalue weighted by Crippen LogP contribution is 2.42. The summed E-state index contributed by atoms with van der Waals surface area (Å²) in [7, 11) is 0. The number of amides is 4. The molecular weight excluding hydrogens is 397 g/mol. The van der Waals surface area contributed by atoms with Gasteiger partial charge in [0, 0.05) is 5.69 Å². The Morgan fingerprint density at radius 2 is 2.00 bits per heavy atom. The van der Waals surface area contributed by atoms with Gasteiger partial charge >= 0.3 is 12.0 Å². The van der Waals surface area contributed by atoms with Crippen LogP contribution in [0.5, 0.6) is 0 Å². The molecule has 4 amide bonds. The summed E-state index contributed by atoms with van der Waals surface area (Å²) < 4.78 is 4.85. The van der Waals surface area contributed by atoms with Crippen molar-refractivity contribution < 1.29 is 23.9 Å². The minimum Gasteiger partial charge on any atom is -0.454 e. The Bertz CT molecular complexity index is 827. The molecule has 1 atom stereocenters. The maximum atomic E-state index is 12.4. The number of benzene rings is 1. The van der Waals surface area contributed by atoms with Gasteiger partial charge < -0.3 is 15.4 Å². The van der Waals surface area contributed by atoms with Crippen molar-refractivity contribution in [3.63, 3.8) is 0 Å². The fourth-order valence-electron chi connectivity index (χ4n) is 2.89. The van der Waals surface area contributed by atoms with E-state index in [2.05, 4.69) is 10.6 Å². The summed E-state index contributed by atoms with van der Waals surface area (Å²) in [4.78, 5) is 49.0. The highest BCUT2D eigenvalue weighted by atomic mass is 35.5. The molecule has 1 aliphatic heterocycles. The Hall–Kier alpha value is -2.32. The van der Waals surface area contributed by atoms with Crippen LogP contribution >= 0.6 is 23.2 Å². The van der Waals surface area contributed by atoms with Crippen molar-refractivity contribution in [2.24, 2.45) is 5.92 Å². The fraction of sp³-hybridized carbons (Fsp3) is 0.412. The Kier molecular flexibility index (Phi) is 5.30. The van der Waals surface area contributed by atoms with E-state index in [0.29, 0.717) is 10.7 Å². The molecule has 0 spiro atoms. The van der Waals surface area contributed by atoms with Gasteiger partial charge in [-0.3, -0.25) is 19.3 Å². The lowest BCUT2D eigenvalue weighted by Crippen LogP contribution is -2.46. The van der Waals surface area contributed by atoms with E-state index in [0.717, 1.165) is 17.7 Å². The molecule has 1 aromatic carbocycles. The number of anilines is 1. The molecular formula is C17H17Cl2N3O5. The van der Waals surface area contributed by atoms with Crippen LogP contribution in [0.4, 0.5) is 10.5 Å². The van der Waals surface area contributed by atoms with E-state index in [9.17, 15) is 19.2 Å². The lowest BCUT2D eigenvalue weighted by Gasteiger charge is -2.20. The third-order valence-electron chi connectivity index (χ3n) is 4.55. The summed E-state index contributed by atoms with van der Waals surface area (Å²) in [5, 5.41) is 5.73. The molecule has 2 fully saturated rings. The highest BCUT2D eigenvalue weighted by Gasteiger charge is 2.56. The number of esters is 1. The van der Waals surface area contributed by atoms with Gasteiger partial charge in [0.25, 0.3) is 11.8 Å².